The Hall–Kier alpha value is -2.43. The summed E-state index contributed by atoms with van der Waals surface area (Å²) < 4.78 is 39.6. The van der Waals surface area contributed by atoms with Crippen LogP contribution < -0.4 is 0 Å². The first-order chi connectivity index (χ1) is 14.1. The molecular weight excluding hydrogens is 401 g/mol. The van der Waals surface area contributed by atoms with Gasteiger partial charge in [0.1, 0.15) is 0 Å². The molecule has 31 heavy (non-hydrogen) atoms. The third-order valence-corrected chi connectivity index (χ3v) is 5.88. The smallest absolute Gasteiger partial charge is 0.291 e. The lowest BCUT2D eigenvalue weighted by Crippen LogP contribution is -2.23. The van der Waals surface area contributed by atoms with Crippen LogP contribution in [0.5, 0.6) is 0 Å². The summed E-state index contributed by atoms with van der Waals surface area (Å²) in [4.78, 5) is 22.7. The van der Waals surface area contributed by atoms with Crippen LogP contribution in [-0.2, 0) is 23.7 Å². The Kier molecular flexibility index (Phi) is 5.71. The first-order valence-corrected chi connectivity index (χ1v) is 10.5. The molecule has 4 rings (SSSR count). The lowest BCUT2D eigenvalue weighted by molar-refractivity contribution is 0.0168. The number of Topliss-reactive ketones (excluding diaryl/α,β-unsaturated/α-hetero) is 2. The van der Waals surface area contributed by atoms with E-state index in [1.54, 1.807) is 18.2 Å². The highest BCUT2D eigenvalue weighted by atomic mass is 19.3. The predicted octanol–water partition coefficient (Wildman–Crippen LogP) is 6.42. The maximum atomic E-state index is 13.2. The van der Waals surface area contributed by atoms with E-state index in [4.69, 9.17) is 0 Å². The first-order valence-electron chi connectivity index (χ1n) is 10.5. The zero-order valence-corrected chi connectivity index (χ0v) is 18.9. The van der Waals surface area contributed by atoms with Gasteiger partial charge < -0.3 is 0 Å². The van der Waals surface area contributed by atoms with Gasteiger partial charge in [-0.25, -0.2) is 4.39 Å². The maximum Gasteiger partial charge on any atom is 0.313 e. The Labute approximate surface area is 181 Å². The van der Waals surface area contributed by atoms with Crippen molar-refractivity contribution in [3.63, 3.8) is 0 Å². The molecule has 166 valence electrons. The Morgan fingerprint density at radius 2 is 1.29 bits per heavy atom. The number of halogens is 3. The van der Waals surface area contributed by atoms with Crippen molar-refractivity contribution in [1.29, 1.82) is 0 Å². The summed E-state index contributed by atoms with van der Waals surface area (Å²) in [5.41, 5.74) is 4.18. The van der Waals surface area contributed by atoms with E-state index in [0.29, 0.717) is 11.1 Å². The van der Waals surface area contributed by atoms with Crippen LogP contribution in [0.15, 0.2) is 36.4 Å². The number of benzene rings is 2. The maximum absolute atomic E-state index is 13.2. The highest BCUT2D eigenvalue weighted by molar-refractivity contribution is 6.06. The van der Waals surface area contributed by atoms with Gasteiger partial charge in [-0.15, -0.1) is 0 Å². The van der Waals surface area contributed by atoms with Gasteiger partial charge >= 0.3 is 5.92 Å². The van der Waals surface area contributed by atoms with E-state index in [2.05, 4.69) is 20.8 Å². The number of ketones is 2. The molecule has 0 fully saturated rings. The second kappa shape index (κ2) is 7.61. The van der Waals surface area contributed by atoms with Crippen LogP contribution in [-0.4, -0.2) is 23.7 Å². The molecule has 1 unspecified atom stereocenters. The van der Waals surface area contributed by atoms with Gasteiger partial charge in [-0.2, -0.15) is 8.78 Å². The predicted molar refractivity (Wildman–Crippen MR) is 116 cm³/mol. The lowest BCUT2D eigenvalue weighted by Gasteiger charge is -2.19. The third-order valence-electron chi connectivity index (χ3n) is 5.88. The summed E-state index contributed by atoms with van der Waals surface area (Å²) in [7, 11) is 0. The van der Waals surface area contributed by atoms with Crippen molar-refractivity contribution in [1.82, 2.24) is 0 Å². The molecule has 2 aliphatic carbocycles. The van der Waals surface area contributed by atoms with Crippen molar-refractivity contribution in [3.05, 3.63) is 69.8 Å². The van der Waals surface area contributed by atoms with Crippen molar-refractivity contribution in [3.8, 4) is 0 Å². The molecule has 2 aliphatic rings. The van der Waals surface area contributed by atoms with E-state index in [1.807, 2.05) is 32.9 Å². The lowest BCUT2D eigenvalue weighted by atomic mass is 9.85. The van der Waals surface area contributed by atoms with Gasteiger partial charge in [-0.3, -0.25) is 9.59 Å². The van der Waals surface area contributed by atoms with Crippen molar-refractivity contribution in [2.24, 2.45) is 0 Å². The average Bonchev–Trinajstić information content (AvgIpc) is 3.06. The number of carbonyl (C=O) groups is 2. The molecule has 0 saturated carbocycles. The highest BCUT2D eigenvalue weighted by Gasteiger charge is 2.46. The molecule has 0 heterocycles. The van der Waals surface area contributed by atoms with Crippen molar-refractivity contribution in [2.45, 2.75) is 77.3 Å². The molecule has 2 aromatic carbocycles. The molecule has 1 atom stereocenters. The quantitative estimate of drug-likeness (QED) is 0.483. The van der Waals surface area contributed by atoms with Crippen molar-refractivity contribution >= 4 is 11.6 Å². The molecule has 0 aliphatic heterocycles. The molecule has 0 amide bonds. The Balaban J connectivity index is 0.000000176. The molecule has 0 N–H and O–H groups in total. The van der Waals surface area contributed by atoms with Crippen LogP contribution in [0.3, 0.4) is 0 Å². The fourth-order valence-corrected chi connectivity index (χ4v) is 3.87. The van der Waals surface area contributed by atoms with Gasteiger partial charge in [0, 0.05) is 24.0 Å². The average molecular weight is 431 g/mol. The minimum Gasteiger partial charge on any atom is -0.291 e. The van der Waals surface area contributed by atoms with E-state index < -0.39 is 24.3 Å². The Bertz CT molecular complexity index is 1040. The fourth-order valence-electron chi connectivity index (χ4n) is 3.87. The molecular formula is C26H29F3O2. The van der Waals surface area contributed by atoms with Crippen LogP contribution >= 0.6 is 0 Å². The topological polar surface area (TPSA) is 34.1 Å². The largest absolute Gasteiger partial charge is 0.313 e. The van der Waals surface area contributed by atoms with E-state index in [-0.39, 0.29) is 28.6 Å². The monoisotopic (exact) mass is 430 g/mol. The summed E-state index contributed by atoms with van der Waals surface area (Å²) in [5.74, 6) is -4.60. The highest BCUT2D eigenvalue weighted by Crippen LogP contribution is 2.36. The summed E-state index contributed by atoms with van der Waals surface area (Å²) >= 11 is 0. The molecule has 0 bridgehead atoms. The fraction of sp³-hybridized carbons (Fsp3) is 0.462. The van der Waals surface area contributed by atoms with Crippen LogP contribution in [0.1, 0.15) is 84.5 Å². The molecule has 5 heteroatoms. The molecule has 0 spiro atoms. The van der Waals surface area contributed by atoms with Gasteiger partial charge in [-0.05, 0) is 33.1 Å². The zero-order valence-electron chi connectivity index (χ0n) is 18.9. The second-order valence-corrected chi connectivity index (χ2v) is 10.5. The number of rotatable bonds is 0. The number of carbonyl (C=O) groups excluding carboxylic acids is 2. The summed E-state index contributed by atoms with van der Waals surface area (Å²) in [6.45, 7) is 12.4. The SMILES string of the molecule is CC(C)(C)c1ccc2c(c1)CC(F)(F)C2=O.CC(C)(C)c1ccc2c(c1)CC(F)C2=O. The summed E-state index contributed by atoms with van der Waals surface area (Å²) in [5, 5.41) is 0. The second-order valence-electron chi connectivity index (χ2n) is 10.5. The van der Waals surface area contributed by atoms with Gasteiger partial charge in [0.25, 0.3) is 0 Å². The number of hydrogen-bond acceptors (Lipinski definition) is 2. The molecule has 2 aromatic rings. The van der Waals surface area contributed by atoms with E-state index in [1.165, 1.54) is 6.07 Å². The van der Waals surface area contributed by atoms with Crippen LogP contribution in [0.4, 0.5) is 13.2 Å². The molecule has 2 nitrogen and oxygen atoms in total. The minimum atomic E-state index is -3.21. The molecule has 0 aromatic heterocycles. The normalized spacial score (nSPS) is 19.6. The van der Waals surface area contributed by atoms with E-state index in [0.717, 1.165) is 16.7 Å². The molecule has 0 saturated heterocycles. The van der Waals surface area contributed by atoms with Crippen LogP contribution in [0, 0.1) is 0 Å². The molecule has 0 radical (unpaired) electrons. The van der Waals surface area contributed by atoms with Gasteiger partial charge in [0.05, 0.1) is 0 Å². The van der Waals surface area contributed by atoms with Crippen molar-refractivity contribution < 1.29 is 22.8 Å². The number of fused-ring (bicyclic) bond motifs is 2. The van der Waals surface area contributed by atoms with Crippen LogP contribution in [0.2, 0.25) is 0 Å². The number of hydrogen-bond donors (Lipinski definition) is 0. The number of alkyl halides is 3. The zero-order chi connectivity index (χ0) is 23.4. The van der Waals surface area contributed by atoms with Gasteiger partial charge in [-0.1, -0.05) is 77.9 Å². The third kappa shape index (κ3) is 4.60. The van der Waals surface area contributed by atoms with Crippen LogP contribution in [0.25, 0.3) is 0 Å². The summed E-state index contributed by atoms with van der Waals surface area (Å²) in [6, 6.07) is 10.7. The van der Waals surface area contributed by atoms with Crippen molar-refractivity contribution in [2.75, 3.05) is 0 Å². The standard InChI is InChI=1S/C13H14F2O.C13H15FO/c1-12(2,3)9-4-5-10-8(6-9)7-13(14,15)11(10)16;1-13(2,3)9-4-5-10-8(6-9)7-11(14)12(10)15/h4-6H,7H2,1-3H3;4-6,11H,7H2,1-3H3. The Morgan fingerprint density at radius 1 is 0.806 bits per heavy atom. The van der Waals surface area contributed by atoms with E-state index >= 15 is 0 Å². The van der Waals surface area contributed by atoms with Gasteiger partial charge in [0.15, 0.2) is 12.0 Å². The Morgan fingerprint density at radius 3 is 1.81 bits per heavy atom. The van der Waals surface area contributed by atoms with E-state index in [9.17, 15) is 22.8 Å². The summed E-state index contributed by atoms with van der Waals surface area (Å²) in [6.07, 6.45) is -1.53. The first kappa shape index (κ1) is 23.2. The van der Waals surface area contributed by atoms with Gasteiger partial charge in [0.2, 0.25) is 5.78 Å². The minimum absolute atomic E-state index is 0.0481.